The molecule has 0 N–H and O–H groups in total. The quantitative estimate of drug-likeness (QED) is 0.499. The van der Waals surface area contributed by atoms with E-state index in [2.05, 4.69) is 9.88 Å². The van der Waals surface area contributed by atoms with Crippen LogP contribution in [0.15, 0.2) is 52.5 Å². The van der Waals surface area contributed by atoms with Crippen molar-refractivity contribution in [3.8, 4) is 5.82 Å². The highest BCUT2D eigenvalue weighted by Crippen LogP contribution is 2.21. The number of nitrogens with zero attached hydrogens (tertiary/aromatic N) is 4. The Balaban J connectivity index is 1.69. The predicted molar refractivity (Wildman–Crippen MR) is 108 cm³/mol. The van der Waals surface area contributed by atoms with Gasteiger partial charge in [-0.25, -0.2) is 14.5 Å². The lowest BCUT2D eigenvalue weighted by molar-refractivity contribution is 0.0410. The SMILES string of the molecule is Cc1ccnc(-n2c(SCCN3CCOCC3)nc3ccccc3c2=O)c1. The van der Waals surface area contributed by atoms with E-state index in [0.717, 1.165) is 49.7 Å². The number of rotatable bonds is 5. The zero-order chi connectivity index (χ0) is 18.6. The third-order valence-electron chi connectivity index (χ3n) is 4.62. The summed E-state index contributed by atoms with van der Waals surface area (Å²) in [6, 6.07) is 11.3. The van der Waals surface area contributed by atoms with E-state index in [1.165, 1.54) is 0 Å². The fraction of sp³-hybridized carbons (Fsp3) is 0.350. The second-order valence-electron chi connectivity index (χ2n) is 6.55. The minimum Gasteiger partial charge on any atom is -0.379 e. The van der Waals surface area contributed by atoms with Crippen LogP contribution in [-0.2, 0) is 4.74 Å². The molecule has 0 atom stereocenters. The number of hydrogen-bond donors (Lipinski definition) is 0. The van der Waals surface area contributed by atoms with Crippen molar-refractivity contribution >= 4 is 22.7 Å². The van der Waals surface area contributed by atoms with Crippen molar-refractivity contribution in [2.45, 2.75) is 12.1 Å². The molecule has 0 unspecified atom stereocenters. The van der Waals surface area contributed by atoms with Gasteiger partial charge < -0.3 is 4.74 Å². The van der Waals surface area contributed by atoms with Crippen LogP contribution in [0.2, 0.25) is 0 Å². The molecule has 1 saturated heterocycles. The van der Waals surface area contributed by atoms with Gasteiger partial charge in [0.25, 0.3) is 5.56 Å². The lowest BCUT2D eigenvalue weighted by Crippen LogP contribution is -2.37. The Morgan fingerprint density at radius 3 is 2.81 bits per heavy atom. The maximum atomic E-state index is 13.2. The third-order valence-corrected chi connectivity index (χ3v) is 5.54. The summed E-state index contributed by atoms with van der Waals surface area (Å²) in [5.74, 6) is 1.48. The summed E-state index contributed by atoms with van der Waals surface area (Å²) >= 11 is 1.60. The first kappa shape index (κ1) is 18.2. The first-order valence-corrected chi connectivity index (χ1v) is 10.1. The van der Waals surface area contributed by atoms with Crippen molar-refractivity contribution in [3.05, 3.63) is 58.5 Å². The van der Waals surface area contributed by atoms with Crippen LogP contribution < -0.4 is 5.56 Å². The molecule has 3 aromatic rings. The van der Waals surface area contributed by atoms with E-state index in [4.69, 9.17) is 9.72 Å². The number of fused-ring (bicyclic) bond motifs is 1. The van der Waals surface area contributed by atoms with Crippen LogP contribution in [0.4, 0.5) is 0 Å². The number of ether oxygens (including phenoxy) is 1. The zero-order valence-corrected chi connectivity index (χ0v) is 16.1. The summed E-state index contributed by atoms with van der Waals surface area (Å²) in [6.07, 6.45) is 1.73. The molecule has 1 aromatic carbocycles. The van der Waals surface area contributed by atoms with Crippen molar-refractivity contribution in [1.29, 1.82) is 0 Å². The number of pyridine rings is 1. The van der Waals surface area contributed by atoms with E-state index in [0.29, 0.717) is 16.4 Å². The van der Waals surface area contributed by atoms with Gasteiger partial charge in [0.2, 0.25) is 0 Å². The van der Waals surface area contributed by atoms with Gasteiger partial charge in [0.15, 0.2) is 5.16 Å². The molecule has 4 rings (SSSR count). The topological polar surface area (TPSA) is 60.3 Å². The minimum absolute atomic E-state index is 0.0763. The van der Waals surface area contributed by atoms with Crippen LogP contribution in [0.25, 0.3) is 16.7 Å². The highest BCUT2D eigenvalue weighted by Gasteiger charge is 2.15. The van der Waals surface area contributed by atoms with Crippen molar-refractivity contribution in [3.63, 3.8) is 0 Å². The van der Waals surface area contributed by atoms with Crippen molar-refractivity contribution in [2.24, 2.45) is 0 Å². The number of aromatic nitrogens is 3. The van der Waals surface area contributed by atoms with Gasteiger partial charge in [-0.15, -0.1) is 0 Å². The molecule has 0 aliphatic carbocycles. The van der Waals surface area contributed by atoms with Gasteiger partial charge in [0.05, 0.1) is 24.1 Å². The maximum absolute atomic E-state index is 13.2. The average Bonchev–Trinajstić information content (AvgIpc) is 2.69. The summed E-state index contributed by atoms with van der Waals surface area (Å²) in [4.78, 5) is 24.7. The molecule has 0 amide bonds. The van der Waals surface area contributed by atoms with Crippen LogP contribution in [0, 0.1) is 6.92 Å². The number of morpholine rings is 1. The molecule has 1 fully saturated rings. The molecule has 0 spiro atoms. The second kappa shape index (κ2) is 8.21. The smallest absolute Gasteiger partial charge is 0.267 e. The van der Waals surface area contributed by atoms with Gasteiger partial charge >= 0.3 is 0 Å². The van der Waals surface area contributed by atoms with Crippen LogP contribution >= 0.6 is 11.8 Å². The third kappa shape index (κ3) is 4.05. The Bertz CT molecular complexity index is 999. The van der Waals surface area contributed by atoms with E-state index in [1.54, 1.807) is 22.5 Å². The van der Waals surface area contributed by atoms with E-state index in [1.807, 2.05) is 43.3 Å². The summed E-state index contributed by atoms with van der Waals surface area (Å²) < 4.78 is 7.04. The molecule has 0 bridgehead atoms. The van der Waals surface area contributed by atoms with Gasteiger partial charge in [0, 0.05) is 31.6 Å². The average molecular weight is 382 g/mol. The largest absolute Gasteiger partial charge is 0.379 e. The van der Waals surface area contributed by atoms with Crippen LogP contribution in [0.1, 0.15) is 5.56 Å². The van der Waals surface area contributed by atoms with Gasteiger partial charge in [0.1, 0.15) is 5.82 Å². The maximum Gasteiger partial charge on any atom is 0.267 e. The standard InChI is InChI=1S/C20H22N4O2S/c1-15-6-7-21-18(14-15)24-19(25)16-4-2-3-5-17(16)22-20(24)27-13-10-23-8-11-26-12-9-23/h2-7,14H,8-13H2,1H3. The van der Waals surface area contributed by atoms with Crippen molar-refractivity contribution < 1.29 is 4.74 Å². The Morgan fingerprint density at radius 2 is 2.00 bits per heavy atom. The van der Waals surface area contributed by atoms with Crippen molar-refractivity contribution in [1.82, 2.24) is 19.4 Å². The summed E-state index contributed by atoms with van der Waals surface area (Å²) in [6.45, 7) is 6.43. The Labute approximate surface area is 162 Å². The van der Waals surface area contributed by atoms with Crippen LogP contribution in [0.5, 0.6) is 0 Å². The van der Waals surface area contributed by atoms with Crippen molar-refractivity contribution in [2.75, 3.05) is 38.6 Å². The number of benzene rings is 1. The predicted octanol–water partition coefficient (Wildman–Crippen LogP) is 2.51. The molecule has 140 valence electrons. The van der Waals surface area contributed by atoms with E-state index >= 15 is 0 Å². The molecule has 0 saturated carbocycles. The van der Waals surface area contributed by atoms with Crippen LogP contribution in [0.3, 0.4) is 0 Å². The monoisotopic (exact) mass is 382 g/mol. The van der Waals surface area contributed by atoms with Gasteiger partial charge in [-0.2, -0.15) is 0 Å². The number of para-hydroxylation sites is 1. The molecule has 1 aliphatic heterocycles. The zero-order valence-electron chi connectivity index (χ0n) is 15.3. The fourth-order valence-electron chi connectivity index (χ4n) is 3.14. The Hall–Kier alpha value is -2.22. The Kier molecular flexibility index (Phi) is 5.52. The number of aryl methyl sites for hydroxylation is 1. The first-order chi connectivity index (χ1) is 13.2. The lowest BCUT2D eigenvalue weighted by atomic mass is 10.2. The van der Waals surface area contributed by atoms with Gasteiger partial charge in [-0.3, -0.25) is 9.69 Å². The first-order valence-electron chi connectivity index (χ1n) is 9.10. The lowest BCUT2D eigenvalue weighted by Gasteiger charge is -2.26. The molecular weight excluding hydrogens is 360 g/mol. The fourth-order valence-corrected chi connectivity index (χ4v) is 4.15. The summed E-state index contributed by atoms with van der Waals surface area (Å²) in [5, 5.41) is 1.29. The van der Waals surface area contributed by atoms with Gasteiger partial charge in [-0.1, -0.05) is 23.9 Å². The number of thioether (sulfide) groups is 1. The van der Waals surface area contributed by atoms with E-state index in [-0.39, 0.29) is 5.56 Å². The molecule has 1 aliphatic rings. The van der Waals surface area contributed by atoms with Crippen LogP contribution in [-0.4, -0.2) is 58.0 Å². The Morgan fingerprint density at radius 1 is 1.19 bits per heavy atom. The molecule has 3 heterocycles. The second-order valence-corrected chi connectivity index (χ2v) is 7.61. The van der Waals surface area contributed by atoms with E-state index < -0.39 is 0 Å². The van der Waals surface area contributed by atoms with Gasteiger partial charge in [-0.05, 0) is 36.8 Å². The number of hydrogen-bond acceptors (Lipinski definition) is 6. The molecule has 6 nitrogen and oxygen atoms in total. The molecular formula is C20H22N4O2S. The van der Waals surface area contributed by atoms with E-state index in [9.17, 15) is 4.79 Å². The summed E-state index contributed by atoms with van der Waals surface area (Å²) in [7, 11) is 0. The molecule has 2 aromatic heterocycles. The normalized spacial score (nSPS) is 15.3. The highest BCUT2D eigenvalue weighted by molar-refractivity contribution is 7.99. The summed E-state index contributed by atoms with van der Waals surface area (Å²) in [5.41, 5.74) is 1.71. The minimum atomic E-state index is -0.0763. The molecule has 0 radical (unpaired) electrons. The molecule has 27 heavy (non-hydrogen) atoms. The molecule has 7 heteroatoms. The highest BCUT2D eigenvalue weighted by atomic mass is 32.2.